The normalized spacial score (nSPS) is 17.7. The maximum atomic E-state index is 14.3. The molecule has 420 valence electrons. The predicted molar refractivity (Wildman–Crippen MR) is 313 cm³/mol. The van der Waals surface area contributed by atoms with Gasteiger partial charge in [0.1, 0.15) is 49.1 Å². The van der Waals surface area contributed by atoms with E-state index in [1.54, 1.807) is 87.0 Å². The van der Waals surface area contributed by atoms with Gasteiger partial charge < -0.3 is 52.7 Å². The lowest BCUT2D eigenvalue weighted by Crippen LogP contribution is -2.70. The molecule has 0 bridgehead atoms. The van der Waals surface area contributed by atoms with Gasteiger partial charge in [0.15, 0.2) is 34.2 Å². The molecule has 0 aliphatic carbocycles. The van der Waals surface area contributed by atoms with E-state index in [2.05, 4.69) is 69.0 Å². The summed E-state index contributed by atoms with van der Waals surface area (Å²) in [4.78, 5) is 84.0. The summed E-state index contributed by atoms with van der Waals surface area (Å²) in [5.41, 5.74) is 1.55. The minimum absolute atomic E-state index is 0.0442. The first-order valence-corrected chi connectivity index (χ1v) is 30.8. The monoisotopic (exact) mass is 1420 g/mol. The average Bonchev–Trinajstić information content (AvgIpc) is 1.96. The summed E-state index contributed by atoms with van der Waals surface area (Å²) in [6.07, 6.45) is 0. The van der Waals surface area contributed by atoms with Crippen LogP contribution in [0.3, 0.4) is 0 Å². The van der Waals surface area contributed by atoms with Gasteiger partial charge >= 0.3 is 23.9 Å². The summed E-state index contributed by atoms with van der Waals surface area (Å²) in [5, 5.41) is 2.16. The molecule has 6 aromatic carbocycles. The second kappa shape index (κ2) is 21.7. The molecule has 2 atom stereocenters. The Morgan fingerprint density at radius 1 is 0.659 bits per heavy atom. The van der Waals surface area contributed by atoms with Crippen LogP contribution < -0.4 is 33.7 Å². The molecule has 12 rings (SSSR count). The maximum absolute atomic E-state index is 14.3. The fraction of sp³-hybridized carbons (Fsp3) is 0.228. The largest absolute Gasteiger partial charge is 0.497 e. The number of carbonyl (C=O) groups excluding carboxylic acids is 6. The summed E-state index contributed by atoms with van der Waals surface area (Å²) in [6.45, 7) is 0.474. The number of nitrogens with zero attached hydrogens (tertiary/aromatic N) is 1. The van der Waals surface area contributed by atoms with Crippen molar-refractivity contribution in [3.05, 3.63) is 159 Å². The number of benzene rings is 6. The standard InChI is InChI=1S/C57H40Br4N2O16S3/c1-24(64)74-23-75-55(69)46-25(20-80-28-8-13-33-31(16-28)54(68)79-57(33)36-18-38(58)49(72-4)43(60)47(36)77-48-37(57)19-39(59)50(73-5)44(48)61)21-82-52-45(51(66)63(46)52)62-42(65)22-81-29-9-12-32-30(17-29)53(67)78-56(32)34-10-6-26(70-2)14-40(34)76-41-15-27(71-3)7-11-35(41)56/h6-19,45,52H,20-23H2,1-5H3,(H,62,65). The van der Waals surface area contributed by atoms with Crippen molar-refractivity contribution in [1.82, 2.24) is 10.2 Å². The van der Waals surface area contributed by atoms with E-state index in [0.29, 0.717) is 118 Å². The fourth-order valence-electron chi connectivity index (χ4n) is 10.8. The quantitative estimate of drug-likeness (QED) is 0.0353. The highest BCUT2D eigenvalue weighted by molar-refractivity contribution is 9.11. The van der Waals surface area contributed by atoms with Crippen LogP contribution in [0.1, 0.15) is 61.0 Å². The molecule has 2 spiro atoms. The summed E-state index contributed by atoms with van der Waals surface area (Å²) < 4.78 is 60.4. The second-order valence-electron chi connectivity index (χ2n) is 18.8. The molecule has 1 saturated heterocycles. The van der Waals surface area contributed by atoms with Crippen molar-refractivity contribution in [2.24, 2.45) is 0 Å². The van der Waals surface area contributed by atoms with E-state index in [0.717, 1.165) is 0 Å². The molecule has 6 heterocycles. The third-order valence-electron chi connectivity index (χ3n) is 14.5. The molecule has 0 aromatic heterocycles. The van der Waals surface area contributed by atoms with Crippen molar-refractivity contribution >= 4 is 135 Å². The van der Waals surface area contributed by atoms with Gasteiger partial charge in [0, 0.05) is 62.6 Å². The molecule has 0 saturated carbocycles. The fourth-order valence-corrected chi connectivity index (χ4v) is 17.0. The van der Waals surface area contributed by atoms with E-state index in [1.807, 2.05) is 12.1 Å². The topological polar surface area (TPSA) is 210 Å². The molecule has 2 unspecified atom stereocenters. The Bertz CT molecular complexity index is 3760. The summed E-state index contributed by atoms with van der Waals surface area (Å²) in [5.74, 6) is 0.115. The van der Waals surface area contributed by atoms with E-state index in [-0.39, 0.29) is 28.5 Å². The molecule has 2 amide bonds. The highest BCUT2D eigenvalue weighted by Gasteiger charge is 2.58. The van der Waals surface area contributed by atoms with E-state index < -0.39 is 65.1 Å². The number of carbonyl (C=O) groups is 6. The van der Waals surface area contributed by atoms with E-state index in [4.69, 9.17) is 47.4 Å². The van der Waals surface area contributed by atoms with Gasteiger partial charge in [-0.15, -0.1) is 35.3 Å². The Kier molecular flexibility index (Phi) is 14.8. The third-order valence-corrected chi connectivity index (χ3v) is 20.5. The van der Waals surface area contributed by atoms with Gasteiger partial charge in [-0.2, -0.15) is 0 Å². The second-order valence-corrected chi connectivity index (χ2v) is 25.3. The van der Waals surface area contributed by atoms with Crippen LogP contribution >= 0.6 is 99.0 Å². The van der Waals surface area contributed by atoms with Gasteiger partial charge in [0.25, 0.3) is 5.91 Å². The number of thioether (sulfide) groups is 3. The number of rotatable bonds is 14. The first-order chi connectivity index (χ1) is 39.4. The van der Waals surface area contributed by atoms with Crippen LogP contribution in [0.25, 0.3) is 0 Å². The first-order valence-electron chi connectivity index (χ1n) is 24.6. The molecule has 1 fully saturated rings. The van der Waals surface area contributed by atoms with Crippen molar-refractivity contribution < 1.29 is 76.1 Å². The van der Waals surface area contributed by atoms with E-state index >= 15 is 0 Å². The van der Waals surface area contributed by atoms with Gasteiger partial charge in [0.05, 0.1) is 65.4 Å². The van der Waals surface area contributed by atoms with Crippen LogP contribution in [0, 0.1) is 0 Å². The number of methoxy groups -OCH3 is 4. The summed E-state index contributed by atoms with van der Waals surface area (Å²) in [6, 6.07) is 23.8. The zero-order chi connectivity index (χ0) is 57.7. The number of ether oxygens (including phenoxy) is 10. The highest BCUT2D eigenvalue weighted by atomic mass is 79.9. The third kappa shape index (κ3) is 8.93. The van der Waals surface area contributed by atoms with Crippen LogP contribution in [-0.2, 0) is 49.3 Å². The maximum Gasteiger partial charge on any atom is 0.357 e. The predicted octanol–water partition coefficient (Wildman–Crippen LogP) is 11.5. The lowest BCUT2D eigenvalue weighted by molar-refractivity contribution is -0.166. The number of β-lactam (4-membered cyclic amide) rings is 1. The average molecular weight is 1420 g/mol. The van der Waals surface area contributed by atoms with Crippen molar-refractivity contribution in [1.29, 1.82) is 0 Å². The van der Waals surface area contributed by atoms with Crippen LogP contribution in [-0.4, -0.2) is 104 Å². The van der Waals surface area contributed by atoms with Crippen molar-refractivity contribution in [3.63, 3.8) is 0 Å². The molecular formula is C57H40Br4N2O16S3. The van der Waals surface area contributed by atoms with Crippen molar-refractivity contribution in [2.45, 2.75) is 39.3 Å². The highest BCUT2D eigenvalue weighted by Crippen LogP contribution is 2.63. The number of nitrogens with one attached hydrogen (secondary N) is 1. The van der Waals surface area contributed by atoms with Gasteiger partial charge in [-0.05, 0) is 130 Å². The number of hydrogen-bond acceptors (Lipinski definition) is 19. The minimum Gasteiger partial charge on any atom is -0.497 e. The Hall–Kier alpha value is -6.35. The first kappa shape index (κ1) is 56.1. The van der Waals surface area contributed by atoms with Crippen LogP contribution in [0.4, 0.5) is 0 Å². The molecule has 18 nitrogen and oxygen atoms in total. The molecule has 1 N–H and O–H groups in total. The Morgan fingerprint density at radius 2 is 1.18 bits per heavy atom. The van der Waals surface area contributed by atoms with Gasteiger partial charge in [0.2, 0.25) is 12.7 Å². The van der Waals surface area contributed by atoms with E-state index in [1.165, 1.54) is 61.3 Å². The number of esters is 4. The molecule has 82 heavy (non-hydrogen) atoms. The smallest absolute Gasteiger partial charge is 0.357 e. The van der Waals surface area contributed by atoms with Gasteiger partial charge in [-0.25, -0.2) is 14.4 Å². The zero-order valence-electron chi connectivity index (χ0n) is 43.3. The number of hydrogen-bond donors (Lipinski definition) is 1. The van der Waals surface area contributed by atoms with Gasteiger partial charge in [-0.1, -0.05) is 12.1 Å². The zero-order valence-corrected chi connectivity index (χ0v) is 52.1. The SMILES string of the molecule is COc1ccc2c(c1)Oc1cc(OC)ccc1C21OC(=O)c2cc(SCC(=O)NC3C(=O)N4C(C(=O)OCOC(C)=O)=C(CSc5ccc6c(c5)C(=O)OC65c6cc(Br)c(OC)c(Br)c6Oc6c5cc(Br)c(OC)c6Br)CSC34)ccc21. The van der Waals surface area contributed by atoms with Crippen LogP contribution in [0.5, 0.6) is 46.0 Å². The summed E-state index contributed by atoms with van der Waals surface area (Å²) >= 11 is 18.4. The lowest BCUT2D eigenvalue weighted by atomic mass is 9.77. The van der Waals surface area contributed by atoms with E-state index in [9.17, 15) is 28.8 Å². The van der Waals surface area contributed by atoms with Crippen LogP contribution in [0.15, 0.2) is 124 Å². The van der Waals surface area contributed by atoms with Crippen molar-refractivity contribution in [3.8, 4) is 46.0 Å². The Labute approximate surface area is 513 Å². The lowest BCUT2D eigenvalue weighted by Gasteiger charge is -2.49. The minimum atomic E-state index is -1.51. The summed E-state index contributed by atoms with van der Waals surface area (Å²) in [7, 11) is 6.14. The van der Waals surface area contributed by atoms with Crippen molar-refractivity contribution in [2.75, 3.05) is 52.5 Å². The molecular weight excluding hydrogens is 1380 g/mol. The molecule has 0 radical (unpaired) electrons. The molecule has 25 heteroatoms. The Balaban J connectivity index is 0.775. The molecule has 6 aromatic rings. The molecule has 6 aliphatic heterocycles. The van der Waals surface area contributed by atoms with Gasteiger partial charge in [-0.3, -0.25) is 19.3 Å². The number of halogens is 4. The van der Waals surface area contributed by atoms with Crippen LogP contribution in [0.2, 0.25) is 0 Å². The Morgan fingerprint density at radius 3 is 1.71 bits per heavy atom. The molecule has 6 aliphatic rings. The number of amides is 2. The number of fused-ring (bicyclic) bond motifs is 13.